The van der Waals surface area contributed by atoms with Crippen LogP contribution in [-0.4, -0.2) is 26.5 Å². The van der Waals surface area contributed by atoms with Gasteiger partial charge in [-0.15, -0.1) is 0 Å². The molecular weight excluding hydrogens is 195 g/mol. The van der Waals surface area contributed by atoms with Gasteiger partial charge < -0.3 is 14.9 Å². The fraction of sp³-hybridized carbons (Fsp3) is 0.857. The molecule has 0 saturated carbocycles. The Bertz CT molecular complexity index is 236. The predicted molar refractivity (Wildman–Crippen MR) is 47.5 cm³/mol. The lowest BCUT2D eigenvalue weighted by Gasteiger charge is -2.23. The molecule has 3 N–H and O–H groups in total. The summed E-state index contributed by atoms with van der Waals surface area (Å²) in [5.74, 6) is -1.44. The number of carboxylic acids is 1. The molecule has 0 aliphatic heterocycles. The fourth-order valence-electron chi connectivity index (χ4n) is 0.930. The van der Waals surface area contributed by atoms with Crippen molar-refractivity contribution >= 4 is 13.6 Å². The van der Waals surface area contributed by atoms with Gasteiger partial charge in [0.1, 0.15) is 0 Å². The van der Waals surface area contributed by atoms with Gasteiger partial charge in [-0.3, -0.25) is 9.36 Å². The summed E-state index contributed by atoms with van der Waals surface area (Å²) in [4.78, 5) is 28.0. The van der Waals surface area contributed by atoms with Crippen molar-refractivity contribution in [1.29, 1.82) is 0 Å². The van der Waals surface area contributed by atoms with Gasteiger partial charge in [-0.2, -0.15) is 0 Å². The molecule has 0 aliphatic rings. The number of carboxylic acid groups (broad SMARTS) is 1. The van der Waals surface area contributed by atoms with Crippen molar-refractivity contribution in [3.05, 3.63) is 0 Å². The third kappa shape index (κ3) is 5.03. The Labute approximate surface area is 76.9 Å². The van der Waals surface area contributed by atoms with Crippen LogP contribution in [0.4, 0.5) is 0 Å². The first-order valence-corrected chi connectivity index (χ1v) is 5.50. The summed E-state index contributed by atoms with van der Waals surface area (Å²) < 4.78 is 10.8. The summed E-state index contributed by atoms with van der Waals surface area (Å²) in [6.07, 6.45) is -0.0351. The molecule has 13 heavy (non-hydrogen) atoms. The Morgan fingerprint density at radius 1 is 1.38 bits per heavy atom. The number of rotatable bonds is 3. The number of aliphatic carboxylic acids is 1. The number of carbonyl (C=O) groups is 1. The Morgan fingerprint density at radius 3 is 1.85 bits per heavy atom. The molecule has 5 nitrogen and oxygen atoms in total. The highest BCUT2D eigenvalue weighted by Gasteiger charge is 2.38. The molecular formula is C7H15O5P. The van der Waals surface area contributed by atoms with Crippen LogP contribution in [0, 0.1) is 5.41 Å². The maximum absolute atomic E-state index is 10.8. The molecule has 78 valence electrons. The Hall–Kier alpha value is -0.380. The summed E-state index contributed by atoms with van der Waals surface area (Å²) in [5.41, 5.74) is -2.00. The van der Waals surface area contributed by atoms with E-state index in [2.05, 4.69) is 0 Å². The number of hydrogen-bond acceptors (Lipinski definition) is 2. The minimum absolute atomic E-state index is 0.0351. The van der Waals surface area contributed by atoms with Gasteiger partial charge in [-0.1, -0.05) is 20.8 Å². The Morgan fingerprint density at radius 2 is 1.77 bits per heavy atom. The van der Waals surface area contributed by atoms with Crippen LogP contribution in [0.3, 0.4) is 0 Å². The third-order valence-corrected chi connectivity index (χ3v) is 2.71. The molecule has 1 unspecified atom stereocenters. The van der Waals surface area contributed by atoms with Crippen molar-refractivity contribution in [3.8, 4) is 0 Å². The van der Waals surface area contributed by atoms with Gasteiger partial charge in [0.25, 0.3) is 0 Å². The molecule has 0 heterocycles. The molecule has 6 heteroatoms. The van der Waals surface area contributed by atoms with Gasteiger partial charge in [-0.25, -0.2) is 0 Å². The van der Waals surface area contributed by atoms with E-state index in [-0.39, 0.29) is 6.42 Å². The maximum Gasteiger partial charge on any atom is 0.339 e. The molecule has 0 saturated heterocycles. The van der Waals surface area contributed by atoms with Gasteiger partial charge in [0, 0.05) is 0 Å². The van der Waals surface area contributed by atoms with Crippen LogP contribution >= 0.6 is 7.60 Å². The van der Waals surface area contributed by atoms with E-state index >= 15 is 0 Å². The summed E-state index contributed by atoms with van der Waals surface area (Å²) in [5, 5.41) is 8.58. The Balaban J connectivity index is 4.67. The lowest BCUT2D eigenvalue weighted by atomic mass is 9.90. The summed E-state index contributed by atoms with van der Waals surface area (Å²) in [6.45, 7) is 5.20. The van der Waals surface area contributed by atoms with Gasteiger partial charge in [0.05, 0.1) is 0 Å². The number of hydrogen-bond donors (Lipinski definition) is 3. The normalized spacial score (nSPS) is 15.5. The molecule has 0 aromatic heterocycles. The molecule has 1 atom stereocenters. The van der Waals surface area contributed by atoms with Crippen LogP contribution < -0.4 is 0 Å². The molecule has 0 fully saturated rings. The quantitative estimate of drug-likeness (QED) is 0.605. The van der Waals surface area contributed by atoms with E-state index in [9.17, 15) is 9.36 Å². The van der Waals surface area contributed by atoms with E-state index in [0.29, 0.717) is 0 Å². The zero-order chi connectivity index (χ0) is 10.9. The largest absolute Gasteiger partial charge is 0.481 e. The van der Waals surface area contributed by atoms with Crippen molar-refractivity contribution in [2.45, 2.75) is 32.9 Å². The highest BCUT2D eigenvalue weighted by molar-refractivity contribution is 7.53. The maximum atomic E-state index is 10.8. The van der Waals surface area contributed by atoms with Gasteiger partial charge >= 0.3 is 13.6 Å². The first-order valence-electron chi connectivity index (χ1n) is 3.82. The highest BCUT2D eigenvalue weighted by atomic mass is 31.2. The average Bonchev–Trinajstić information content (AvgIpc) is 1.77. The van der Waals surface area contributed by atoms with E-state index in [1.165, 1.54) is 0 Å². The standard InChI is InChI=1S/C7H15O5P/c1-7(2,3)4-5(6(8)9)13(10,11)12/h5H,4H2,1-3H3,(H,8,9)(H2,10,11,12). The third-order valence-electron chi connectivity index (χ3n) is 1.50. The zero-order valence-corrected chi connectivity index (χ0v) is 8.78. The molecule has 0 aromatic carbocycles. The predicted octanol–water partition coefficient (Wildman–Crippen LogP) is 1.05. The Kier molecular flexibility index (Phi) is 3.67. The second-order valence-corrected chi connectivity index (χ2v) is 6.01. The van der Waals surface area contributed by atoms with Gasteiger partial charge in [-0.05, 0) is 11.8 Å². The van der Waals surface area contributed by atoms with Crippen LogP contribution in [-0.2, 0) is 9.36 Å². The molecule has 0 amide bonds. The lowest BCUT2D eigenvalue weighted by Crippen LogP contribution is -2.26. The highest BCUT2D eigenvalue weighted by Crippen LogP contribution is 2.46. The summed E-state index contributed by atoms with van der Waals surface area (Å²) in [7, 11) is -4.53. The first-order chi connectivity index (χ1) is 5.54. The molecule has 0 aromatic rings. The fourth-order valence-corrected chi connectivity index (χ4v) is 2.00. The SMILES string of the molecule is CC(C)(C)CC(C(=O)O)P(=O)(O)O. The molecule has 0 bridgehead atoms. The smallest absolute Gasteiger partial charge is 0.339 e. The van der Waals surface area contributed by atoms with Crippen LogP contribution in [0.15, 0.2) is 0 Å². The topological polar surface area (TPSA) is 94.8 Å². The van der Waals surface area contributed by atoms with Crippen LogP contribution in [0.25, 0.3) is 0 Å². The zero-order valence-electron chi connectivity index (χ0n) is 7.89. The molecule has 0 aliphatic carbocycles. The molecule has 0 rings (SSSR count). The first kappa shape index (κ1) is 12.6. The van der Waals surface area contributed by atoms with Crippen molar-refractivity contribution in [3.63, 3.8) is 0 Å². The van der Waals surface area contributed by atoms with E-state index in [4.69, 9.17) is 14.9 Å². The summed E-state index contributed by atoms with van der Waals surface area (Å²) in [6, 6.07) is 0. The van der Waals surface area contributed by atoms with Gasteiger partial charge in [0.15, 0.2) is 5.66 Å². The van der Waals surface area contributed by atoms with E-state index < -0.39 is 24.6 Å². The van der Waals surface area contributed by atoms with Crippen molar-refractivity contribution in [1.82, 2.24) is 0 Å². The monoisotopic (exact) mass is 210 g/mol. The van der Waals surface area contributed by atoms with Crippen molar-refractivity contribution in [2.24, 2.45) is 5.41 Å². The summed E-state index contributed by atoms with van der Waals surface area (Å²) >= 11 is 0. The van der Waals surface area contributed by atoms with Crippen LogP contribution in [0.2, 0.25) is 0 Å². The lowest BCUT2D eigenvalue weighted by molar-refractivity contribution is -0.137. The van der Waals surface area contributed by atoms with Crippen molar-refractivity contribution < 1.29 is 24.3 Å². The van der Waals surface area contributed by atoms with E-state index in [1.54, 1.807) is 20.8 Å². The molecule has 0 radical (unpaired) electrons. The van der Waals surface area contributed by atoms with E-state index in [1.807, 2.05) is 0 Å². The van der Waals surface area contributed by atoms with Crippen LogP contribution in [0.1, 0.15) is 27.2 Å². The molecule has 0 spiro atoms. The minimum atomic E-state index is -4.53. The minimum Gasteiger partial charge on any atom is -0.481 e. The second kappa shape index (κ2) is 3.78. The van der Waals surface area contributed by atoms with Gasteiger partial charge in [0.2, 0.25) is 0 Å². The second-order valence-electron chi connectivity index (χ2n) is 4.21. The van der Waals surface area contributed by atoms with E-state index in [0.717, 1.165) is 0 Å². The van der Waals surface area contributed by atoms with Crippen LogP contribution in [0.5, 0.6) is 0 Å². The average molecular weight is 210 g/mol. The van der Waals surface area contributed by atoms with Crippen molar-refractivity contribution in [2.75, 3.05) is 0 Å².